The molecule has 4 rings (SSSR count). The Kier molecular flexibility index (Phi) is 3.37. The van der Waals surface area contributed by atoms with Crippen molar-refractivity contribution >= 4 is 11.6 Å². The van der Waals surface area contributed by atoms with Gasteiger partial charge < -0.3 is 9.30 Å². The van der Waals surface area contributed by atoms with E-state index < -0.39 is 0 Å². The van der Waals surface area contributed by atoms with Crippen LogP contribution in [-0.4, -0.2) is 26.7 Å². The van der Waals surface area contributed by atoms with E-state index in [0.29, 0.717) is 5.69 Å². The van der Waals surface area contributed by atoms with Crippen LogP contribution in [0.3, 0.4) is 0 Å². The van der Waals surface area contributed by atoms with Crippen LogP contribution in [0.2, 0.25) is 0 Å². The third-order valence-corrected chi connectivity index (χ3v) is 4.53. The second kappa shape index (κ2) is 5.54. The molecule has 1 aliphatic rings. The Hall–Kier alpha value is -2.62. The van der Waals surface area contributed by atoms with E-state index >= 15 is 0 Å². The molecule has 1 atom stereocenters. The summed E-state index contributed by atoms with van der Waals surface area (Å²) in [6.45, 7) is 2.83. The Balaban J connectivity index is 1.66. The van der Waals surface area contributed by atoms with Crippen molar-refractivity contribution in [2.75, 3.05) is 6.54 Å². The molecule has 0 unspecified atom stereocenters. The minimum Gasteiger partial charge on any atom is -0.330 e. The Morgan fingerprint density at radius 2 is 2.04 bits per heavy atom. The fourth-order valence-corrected chi connectivity index (χ4v) is 3.37. The van der Waals surface area contributed by atoms with Crippen molar-refractivity contribution in [3.63, 3.8) is 0 Å². The van der Waals surface area contributed by atoms with Gasteiger partial charge in [0.15, 0.2) is 0 Å². The lowest BCUT2D eigenvalue weighted by atomic mass is 10.0. The highest BCUT2D eigenvalue weighted by atomic mass is 16.2. The summed E-state index contributed by atoms with van der Waals surface area (Å²) in [6, 6.07) is 14.5. The van der Waals surface area contributed by atoms with Gasteiger partial charge in [0.05, 0.1) is 6.04 Å². The molecule has 2 aromatic heterocycles. The highest BCUT2D eigenvalue weighted by Crippen LogP contribution is 2.32. The van der Waals surface area contributed by atoms with E-state index in [2.05, 4.69) is 17.1 Å². The van der Waals surface area contributed by atoms with Gasteiger partial charge in [0.1, 0.15) is 11.3 Å². The van der Waals surface area contributed by atoms with Gasteiger partial charge in [-0.2, -0.15) is 0 Å². The average Bonchev–Trinajstić information content (AvgIpc) is 3.21. The van der Waals surface area contributed by atoms with Crippen molar-refractivity contribution in [2.24, 2.45) is 0 Å². The van der Waals surface area contributed by atoms with Crippen LogP contribution < -0.4 is 0 Å². The minimum atomic E-state index is 0.0257. The van der Waals surface area contributed by atoms with Crippen LogP contribution in [0.4, 0.5) is 0 Å². The number of nitrogens with zero attached hydrogens (tertiary/aromatic N) is 3. The number of hydrogen-bond acceptors (Lipinski definition) is 2. The maximum Gasteiger partial charge on any atom is 0.274 e. The van der Waals surface area contributed by atoms with E-state index in [4.69, 9.17) is 0 Å². The number of hydrogen-bond donors (Lipinski definition) is 0. The Labute approximate surface area is 135 Å². The quantitative estimate of drug-likeness (QED) is 0.725. The molecule has 0 bridgehead atoms. The molecular formula is C19H19N3O. The smallest absolute Gasteiger partial charge is 0.274 e. The second-order valence-corrected chi connectivity index (χ2v) is 6.16. The Morgan fingerprint density at radius 3 is 2.87 bits per heavy atom. The van der Waals surface area contributed by atoms with Crippen molar-refractivity contribution in [1.82, 2.24) is 14.3 Å². The average molecular weight is 305 g/mol. The first-order valence-electron chi connectivity index (χ1n) is 8.04. The minimum absolute atomic E-state index is 0.0257. The molecule has 1 aliphatic heterocycles. The number of rotatable bonds is 2. The van der Waals surface area contributed by atoms with Gasteiger partial charge >= 0.3 is 0 Å². The zero-order chi connectivity index (χ0) is 15.8. The van der Waals surface area contributed by atoms with E-state index in [1.54, 1.807) is 0 Å². The monoisotopic (exact) mass is 305 g/mol. The summed E-state index contributed by atoms with van der Waals surface area (Å²) in [5.41, 5.74) is 3.70. The van der Waals surface area contributed by atoms with Crippen LogP contribution in [0.25, 0.3) is 5.65 Å². The number of benzene rings is 1. The summed E-state index contributed by atoms with van der Waals surface area (Å²) < 4.78 is 1.91. The second-order valence-electron chi connectivity index (χ2n) is 6.16. The van der Waals surface area contributed by atoms with Gasteiger partial charge in [0.25, 0.3) is 5.91 Å². The van der Waals surface area contributed by atoms with Gasteiger partial charge in [-0.15, -0.1) is 0 Å². The van der Waals surface area contributed by atoms with E-state index in [9.17, 15) is 4.79 Å². The molecule has 3 heterocycles. The third-order valence-electron chi connectivity index (χ3n) is 4.53. The standard InChI is InChI=1S/C19H19N3O/c1-14-9-11-21-13-16(20-18(21)12-14)19(23)22-10-5-8-17(22)15-6-3-2-4-7-15/h2-4,6-7,9,11-13,17H,5,8,10H2,1H3/t17-/m0/s1. The molecule has 0 aliphatic carbocycles. The summed E-state index contributed by atoms with van der Waals surface area (Å²) in [5, 5.41) is 0. The van der Waals surface area contributed by atoms with Gasteiger partial charge in [-0.3, -0.25) is 4.79 Å². The number of carbonyl (C=O) groups is 1. The van der Waals surface area contributed by atoms with E-state index in [-0.39, 0.29) is 11.9 Å². The van der Waals surface area contributed by atoms with Crippen molar-refractivity contribution < 1.29 is 4.79 Å². The number of likely N-dealkylation sites (tertiary alicyclic amines) is 1. The molecule has 116 valence electrons. The molecule has 3 aromatic rings. The molecule has 1 fully saturated rings. The largest absolute Gasteiger partial charge is 0.330 e. The van der Waals surface area contributed by atoms with Crippen LogP contribution in [-0.2, 0) is 0 Å². The van der Waals surface area contributed by atoms with Crippen LogP contribution in [0.5, 0.6) is 0 Å². The lowest BCUT2D eigenvalue weighted by Gasteiger charge is -2.24. The summed E-state index contributed by atoms with van der Waals surface area (Å²) in [6.07, 6.45) is 5.84. The number of imidazole rings is 1. The first kappa shape index (κ1) is 14.0. The van der Waals surface area contributed by atoms with Crippen LogP contribution in [0.1, 0.15) is 40.5 Å². The number of amides is 1. The van der Waals surface area contributed by atoms with Crippen LogP contribution in [0.15, 0.2) is 54.9 Å². The topological polar surface area (TPSA) is 37.6 Å². The molecule has 4 heteroatoms. The summed E-state index contributed by atoms with van der Waals surface area (Å²) in [5.74, 6) is 0.0257. The van der Waals surface area contributed by atoms with Crippen LogP contribution >= 0.6 is 0 Å². The molecule has 0 N–H and O–H groups in total. The molecule has 1 amide bonds. The zero-order valence-electron chi connectivity index (χ0n) is 13.1. The molecular weight excluding hydrogens is 286 g/mol. The lowest BCUT2D eigenvalue weighted by molar-refractivity contribution is 0.0730. The molecule has 4 nitrogen and oxygen atoms in total. The van der Waals surface area contributed by atoms with E-state index in [1.165, 1.54) is 5.56 Å². The molecule has 0 radical (unpaired) electrons. The number of pyridine rings is 1. The predicted molar refractivity (Wildman–Crippen MR) is 89.4 cm³/mol. The van der Waals surface area contributed by atoms with Crippen molar-refractivity contribution in [3.05, 3.63) is 71.7 Å². The van der Waals surface area contributed by atoms with Gasteiger partial charge in [0.2, 0.25) is 0 Å². The number of aromatic nitrogens is 2. The number of carbonyl (C=O) groups excluding carboxylic acids is 1. The maximum atomic E-state index is 12.9. The number of aryl methyl sites for hydroxylation is 1. The molecule has 0 saturated carbocycles. The summed E-state index contributed by atoms with van der Waals surface area (Å²) >= 11 is 0. The predicted octanol–water partition coefficient (Wildman–Crippen LogP) is 3.62. The highest BCUT2D eigenvalue weighted by molar-refractivity contribution is 5.93. The van der Waals surface area contributed by atoms with Gasteiger partial charge in [-0.25, -0.2) is 4.98 Å². The van der Waals surface area contributed by atoms with Crippen molar-refractivity contribution in [1.29, 1.82) is 0 Å². The normalized spacial score (nSPS) is 17.8. The maximum absolute atomic E-state index is 12.9. The summed E-state index contributed by atoms with van der Waals surface area (Å²) in [4.78, 5) is 19.4. The third kappa shape index (κ3) is 2.50. The van der Waals surface area contributed by atoms with Gasteiger partial charge in [-0.1, -0.05) is 30.3 Å². The fourth-order valence-electron chi connectivity index (χ4n) is 3.37. The van der Waals surface area contributed by atoms with Crippen LogP contribution in [0, 0.1) is 6.92 Å². The molecule has 1 aromatic carbocycles. The van der Waals surface area contributed by atoms with Gasteiger partial charge in [-0.05, 0) is 43.0 Å². The lowest BCUT2D eigenvalue weighted by Crippen LogP contribution is -2.30. The fraction of sp³-hybridized carbons (Fsp3) is 0.263. The van der Waals surface area contributed by atoms with Crippen molar-refractivity contribution in [3.8, 4) is 0 Å². The molecule has 23 heavy (non-hydrogen) atoms. The van der Waals surface area contributed by atoms with Crippen molar-refractivity contribution in [2.45, 2.75) is 25.8 Å². The Morgan fingerprint density at radius 1 is 1.22 bits per heavy atom. The molecule has 0 spiro atoms. The first-order valence-corrected chi connectivity index (χ1v) is 8.04. The number of fused-ring (bicyclic) bond motifs is 1. The molecule has 1 saturated heterocycles. The van der Waals surface area contributed by atoms with Gasteiger partial charge in [0, 0.05) is 18.9 Å². The highest BCUT2D eigenvalue weighted by Gasteiger charge is 2.31. The van der Waals surface area contributed by atoms with E-state index in [1.807, 2.05) is 58.9 Å². The SMILES string of the molecule is Cc1ccn2cc(C(=O)N3CCC[C@H]3c3ccccc3)nc2c1. The zero-order valence-corrected chi connectivity index (χ0v) is 13.1. The summed E-state index contributed by atoms with van der Waals surface area (Å²) in [7, 11) is 0. The first-order chi connectivity index (χ1) is 11.2. The Bertz CT molecular complexity index is 853. The van der Waals surface area contributed by atoms with E-state index in [0.717, 1.165) is 30.6 Å².